The fourth-order valence-corrected chi connectivity index (χ4v) is 2.01. The Morgan fingerprint density at radius 3 is 2.33 bits per heavy atom. The molecule has 2 aromatic carbocycles. The van der Waals surface area contributed by atoms with E-state index in [2.05, 4.69) is 26.7 Å². The van der Waals surface area contributed by atoms with Crippen LogP contribution in [0.25, 0.3) is 0 Å². The van der Waals surface area contributed by atoms with Crippen LogP contribution < -0.4 is 21.6 Å². The van der Waals surface area contributed by atoms with E-state index in [1.54, 1.807) is 42.5 Å². The molecule has 27 heavy (non-hydrogen) atoms. The molecule has 10 heteroatoms. The number of benzene rings is 2. The zero-order chi connectivity index (χ0) is 19.6. The summed E-state index contributed by atoms with van der Waals surface area (Å²) < 4.78 is 0. The van der Waals surface area contributed by atoms with E-state index in [0.717, 1.165) is 0 Å². The molecule has 0 aromatic heterocycles. The number of anilines is 1. The highest BCUT2D eigenvalue weighted by Crippen LogP contribution is 2.09. The number of nitrogens with zero attached hydrogens (tertiary/aromatic N) is 2. The summed E-state index contributed by atoms with van der Waals surface area (Å²) in [7, 11) is 0. The maximum absolute atomic E-state index is 12.0. The first kappa shape index (κ1) is 19.8. The van der Waals surface area contributed by atoms with Crippen molar-refractivity contribution in [1.82, 2.24) is 16.2 Å². The van der Waals surface area contributed by atoms with Gasteiger partial charge in [0.2, 0.25) is 5.71 Å². The lowest BCUT2D eigenvalue weighted by molar-refractivity contribution is -0.115. The number of rotatable bonds is 4. The third kappa shape index (κ3) is 6.39. The summed E-state index contributed by atoms with van der Waals surface area (Å²) in [5, 5.41) is 15.5. The number of para-hydroxylation sites is 1. The number of halogens is 1. The van der Waals surface area contributed by atoms with Crippen molar-refractivity contribution in [3.8, 4) is 6.07 Å². The van der Waals surface area contributed by atoms with Crippen LogP contribution in [0.2, 0.25) is 5.02 Å². The molecule has 0 aliphatic carbocycles. The second-order valence-electron chi connectivity index (χ2n) is 4.92. The Bertz CT molecular complexity index is 909. The molecule has 0 aliphatic heterocycles. The molecule has 0 heterocycles. The average Bonchev–Trinajstić information content (AvgIpc) is 2.68. The molecule has 0 atom stereocenters. The number of nitrogens with one attached hydrogen (secondary N) is 4. The third-order valence-corrected chi connectivity index (χ3v) is 3.47. The summed E-state index contributed by atoms with van der Waals surface area (Å²) in [4.78, 5) is 23.9. The number of amides is 2. The van der Waals surface area contributed by atoms with Gasteiger partial charge in [0.05, 0.1) is 5.69 Å². The number of hydrazone groups is 1. The fourth-order valence-electron chi connectivity index (χ4n) is 1.74. The Morgan fingerprint density at radius 1 is 1.04 bits per heavy atom. The van der Waals surface area contributed by atoms with Crippen molar-refractivity contribution in [3.63, 3.8) is 0 Å². The molecule has 0 aliphatic rings. The predicted molar refractivity (Wildman–Crippen MR) is 106 cm³/mol. The van der Waals surface area contributed by atoms with Gasteiger partial charge in [-0.15, -0.1) is 0 Å². The van der Waals surface area contributed by atoms with E-state index in [1.165, 1.54) is 12.1 Å². The summed E-state index contributed by atoms with van der Waals surface area (Å²) in [5.74, 6) is -1.32. The van der Waals surface area contributed by atoms with E-state index in [0.29, 0.717) is 16.3 Å². The second kappa shape index (κ2) is 9.86. The van der Waals surface area contributed by atoms with Gasteiger partial charge in [0, 0.05) is 10.6 Å². The summed E-state index contributed by atoms with van der Waals surface area (Å²) in [5.41, 5.74) is 7.59. The normalized spacial score (nSPS) is 10.3. The molecule has 136 valence electrons. The Morgan fingerprint density at radius 2 is 1.70 bits per heavy atom. The minimum Gasteiger partial charge on any atom is -0.298 e. The molecule has 2 amide bonds. The van der Waals surface area contributed by atoms with Crippen LogP contribution in [-0.4, -0.2) is 22.6 Å². The summed E-state index contributed by atoms with van der Waals surface area (Å²) in [6, 6.07) is 16.6. The fraction of sp³-hybridized carbons (Fsp3) is 0. The van der Waals surface area contributed by atoms with Crippen LogP contribution in [0.5, 0.6) is 0 Å². The molecule has 4 N–H and O–H groups in total. The van der Waals surface area contributed by atoms with Crippen LogP contribution in [0.1, 0.15) is 10.4 Å². The van der Waals surface area contributed by atoms with E-state index in [-0.39, 0.29) is 5.11 Å². The number of thiocarbonyl (C=S) groups is 1. The van der Waals surface area contributed by atoms with Crippen molar-refractivity contribution in [3.05, 3.63) is 65.2 Å². The molecule has 0 saturated carbocycles. The average molecular weight is 401 g/mol. The van der Waals surface area contributed by atoms with Crippen LogP contribution in [-0.2, 0) is 4.79 Å². The zero-order valence-corrected chi connectivity index (χ0v) is 15.3. The molecular formula is C17H13ClN6O2S. The molecule has 0 radical (unpaired) electrons. The molecule has 0 bridgehead atoms. The number of hydrogen-bond acceptors (Lipinski definition) is 6. The first-order valence-corrected chi connectivity index (χ1v) is 8.24. The minimum atomic E-state index is -0.830. The van der Waals surface area contributed by atoms with Crippen LogP contribution in [0.15, 0.2) is 59.7 Å². The molecule has 0 fully saturated rings. The SMILES string of the molecule is N#C/C(=N\Nc1ccccc1)C(=O)NNC(=S)NC(=O)c1ccc(Cl)cc1. The Labute approximate surface area is 165 Å². The van der Waals surface area contributed by atoms with Gasteiger partial charge in [-0.2, -0.15) is 10.4 Å². The van der Waals surface area contributed by atoms with E-state index in [4.69, 9.17) is 29.1 Å². The molecule has 0 saturated heterocycles. The smallest absolute Gasteiger partial charge is 0.298 e. The highest BCUT2D eigenvalue weighted by atomic mass is 35.5. The topological polar surface area (TPSA) is 118 Å². The monoisotopic (exact) mass is 400 g/mol. The highest BCUT2D eigenvalue weighted by molar-refractivity contribution is 7.80. The maximum atomic E-state index is 12.0. The third-order valence-electron chi connectivity index (χ3n) is 3.01. The lowest BCUT2D eigenvalue weighted by Crippen LogP contribution is -2.50. The number of nitriles is 1. The van der Waals surface area contributed by atoms with Gasteiger partial charge in [0.1, 0.15) is 6.07 Å². The molecule has 2 rings (SSSR count). The lowest BCUT2D eigenvalue weighted by atomic mass is 10.2. The standard InChI is InChI=1S/C17H13ClN6O2S/c18-12-8-6-11(7-9-12)15(25)20-17(27)24-23-16(26)14(10-19)22-21-13-4-2-1-3-5-13/h1-9,21H,(H,23,26)(H2,20,24,25,27)/b22-14+. The van der Waals surface area contributed by atoms with Gasteiger partial charge in [0.25, 0.3) is 5.91 Å². The van der Waals surface area contributed by atoms with E-state index in [1.807, 2.05) is 6.07 Å². The number of hydrazine groups is 1. The molecular weight excluding hydrogens is 388 g/mol. The van der Waals surface area contributed by atoms with Gasteiger partial charge in [-0.3, -0.25) is 31.2 Å². The van der Waals surface area contributed by atoms with Crippen molar-refractivity contribution in [2.24, 2.45) is 5.10 Å². The number of carbonyl (C=O) groups is 2. The van der Waals surface area contributed by atoms with Crippen LogP contribution in [0, 0.1) is 11.3 Å². The summed E-state index contributed by atoms with van der Waals surface area (Å²) in [6.07, 6.45) is 0. The van der Waals surface area contributed by atoms with Gasteiger partial charge in [-0.25, -0.2) is 0 Å². The van der Waals surface area contributed by atoms with Crippen molar-refractivity contribution < 1.29 is 9.59 Å². The van der Waals surface area contributed by atoms with Crippen LogP contribution in [0.3, 0.4) is 0 Å². The van der Waals surface area contributed by atoms with Crippen molar-refractivity contribution in [2.75, 3.05) is 5.43 Å². The quantitative estimate of drug-likeness (QED) is 0.354. The largest absolute Gasteiger partial charge is 0.301 e. The lowest BCUT2D eigenvalue weighted by Gasteiger charge is -2.10. The highest BCUT2D eigenvalue weighted by Gasteiger charge is 2.12. The van der Waals surface area contributed by atoms with Gasteiger partial charge >= 0.3 is 5.91 Å². The van der Waals surface area contributed by atoms with E-state index in [9.17, 15) is 9.59 Å². The van der Waals surface area contributed by atoms with E-state index < -0.39 is 17.5 Å². The van der Waals surface area contributed by atoms with Gasteiger partial charge in [-0.05, 0) is 48.6 Å². The summed E-state index contributed by atoms with van der Waals surface area (Å²) >= 11 is 10.7. The first-order chi connectivity index (χ1) is 13.0. The maximum Gasteiger partial charge on any atom is 0.301 e. The molecule has 0 spiro atoms. The zero-order valence-electron chi connectivity index (χ0n) is 13.7. The molecule has 2 aromatic rings. The molecule has 8 nitrogen and oxygen atoms in total. The molecule has 0 unspecified atom stereocenters. The Kier molecular flexibility index (Phi) is 7.25. The van der Waals surface area contributed by atoms with Crippen molar-refractivity contribution in [2.45, 2.75) is 0 Å². The van der Waals surface area contributed by atoms with E-state index >= 15 is 0 Å². The predicted octanol–water partition coefficient (Wildman–Crippen LogP) is 1.97. The Balaban J connectivity index is 1.85. The van der Waals surface area contributed by atoms with Crippen LogP contribution >= 0.6 is 23.8 Å². The van der Waals surface area contributed by atoms with Crippen molar-refractivity contribution >= 4 is 52.1 Å². The van der Waals surface area contributed by atoms with Crippen LogP contribution in [0.4, 0.5) is 5.69 Å². The van der Waals surface area contributed by atoms with Gasteiger partial charge in [0.15, 0.2) is 5.11 Å². The Hall–Kier alpha value is -3.48. The van der Waals surface area contributed by atoms with Crippen molar-refractivity contribution in [1.29, 1.82) is 5.26 Å². The van der Waals surface area contributed by atoms with Gasteiger partial charge in [-0.1, -0.05) is 29.8 Å². The van der Waals surface area contributed by atoms with Gasteiger partial charge < -0.3 is 0 Å². The second-order valence-corrected chi connectivity index (χ2v) is 5.76. The first-order valence-electron chi connectivity index (χ1n) is 7.45. The number of hydrogen-bond donors (Lipinski definition) is 4. The minimum absolute atomic E-state index is 0.156. The summed E-state index contributed by atoms with van der Waals surface area (Å²) in [6.45, 7) is 0. The number of carbonyl (C=O) groups excluding carboxylic acids is 2.